The third-order valence-electron chi connectivity index (χ3n) is 2.06. The van der Waals surface area contributed by atoms with Crippen molar-refractivity contribution in [3.05, 3.63) is 29.8 Å². The number of nitrogens with one attached hydrogen (secondary N) is 1. The van der Waals surface area contributed by atoms with E-state index in [2.05, 4.69) is 34.2 Å². The first-order chi connectivity index (χ1) is 6.77. The summed E-state index contributed by atoms with van der Waals surface area (Å²) < 4.78 is 5.26. The van der Waals surface area contributed by atoms with Crippen LogP contribution in [0, 0.1) is 0 Å². The van der Waals surface area contributed by atoms with E-state index >= 15 is 0 Å². The SMILES string of the molecule is COc1ccccc1CNC(C)CBr. The lowest BCUT2D eigenvalue weighted by molar-refractivity contribution is 0.406. The number of halogens is 1. The van der Waals surface area contributed by atoms with E-state index in [1.54, 1.807) is 7.11 Å². The molecule has 1 aromatic rings. The number of methoxy groups -OCH3 is 1. The standard InChI is InChI=1S/C11H16BrNO/c1-9(7-12)13-8-10-5-3-4-6-11(10)14-2/h3-6,9,13H,7-8H2,1-2H3. The molecule has 1 atom stereocenters. The molecule has 14 heavy (non-hydrogen) atoms. The number of alkyl halides is 1. The number of para-hydroxylation sites is 1. The highest BCUT2D eigenvalue weighted by Gasteiger charge is 2.03. The molecule has 2 nitrogen and oxygen atoms in total. The molecule has 3 heteroatoms. The van der Waals surface area contributed by atoms with Crippen molar-refractivity contribution in [2.45, 2.75) is 19.5 Å². The van der Waals surface area contributed by atoms with Gasteiger partial charge in [-0.3, -0.25) is 0 Å². The van der Waals surface area contributed by atoms with Gasteiger partial charge in [0, 0.05) is 23.5 Å². The fourth-order valence-corrected chi connectivity index (χ4v) is 1.42. The molecule has 1 N–H and O–H groups in total. The Balaban J connectivity index is 2.57. The molecule has 0 amide bonds. The molecule has 0 heterocycles. The van der Waals surface area contributed by atoms with Crippen LogP contribution in [0.1, 0.15) is 12.5 Å². The first kappa shape index (κ1) is 11.5. The van der Waals surface area contributed by atoms with E-state index in [1.165, 1.54) is 5.56 Å². The summed E-state index contributed by atoms with van der Waals surface area (Å²) in [5, 5.41) is 4.36. The van der Waals surface area contributed by atoms with E-state index in [0.717, 1.165) is 17.6 Å². The van der Waals surface area contributed by atoms with Gasteiger partial charge in [-0.05, 0) is 13.0 Å². The summed E-state index contributed by atoms with van der Waals surface area (Å²) in [4.78, 5) is 0. The summed E-state index contributed by atoms with van der Waals surface area (Å²) in [7, 11) is 1.70. The van der Waals surface area contributed by atoms with Crippen molar-refractivity contribution in [3.8, 4) is 5.75 Å². The van der Waals surface area contributed by atoms with Crippen LogP contribution in [0.15, 0.2) is 24.3 Å². The molecule has 0 spiro atoms. The van der Waals surface area contributed by atoms with Crippen LogP contribution in [0.4, 0.5) is 0 Å². The first-order valence-electron chi connectivity index (χ1n) is 4.69. The van der Waals surface area contributed by atoms with Crippen molar-refractivity contribution in [2.24, 2.45) is 0 Å². The third kappa shape index (κ3) is 3.31. The van der Waals surface area contributed by atoms with Crippen LogP contribution in [-0.2, 0) is 6.54 Å². The number of benzene rings is 1. The molecule has 0 saturated carbocycles. The fourth-order valence-electron chi connectivity index (χ4n) is 1.19. The normalized spacial score (nSPS) is 12.5. The molecule has 0 aliphatic heterocycles. The van der Waals surface area contributed by atoms with Gasteiger partial charge in [0.25, 0.3) is 0 Å². The molecular formula is C11H16BrNO. The van der Waals surface area contributed by atoms with Gasteiger partial charge in [-0.25, -0.2) is 0 Å². The lowest BCUT2D eigenvalue weighted by Gasteiger charge is -2.12. The zero-order valence-electron chi connectivity index (χ0n) is 8.59. The Kier molecular flexibility index (Phi) is 4.98. The van der Waals surface area contributed by atoms with Crippen molar-refractivity contribution < 1.29 is 4.74 Å². The molecule has 0 aromatic heterocycles. The second kappa shape index (κ2) is 6.04. The first-order valence-corrected chi connectivity index (χ1v) is 5.81. The Labute approximate surface area is 93.8 Å². The summed E-state index contributed by atoms with van der Waals surface area (Å²) >= 11 is 3.43. The van der Waals surface area contributed by atoms with Crippen molar-refractivity contribution in [2.75, 3.05) is 12.4 Å². The van der Waals surface area contributed by atoms with Crippen molar-refractivity contribution in [1.29, 1.82) is 0 Å². The van der Waals surface area contributed by atoms with Gasteiger partial charge in [0.05, 0.1) is 7.11 Å². The molecular weight excluding hydrogens is 242 g/mol. The Morgan fingerprint density at radius 2 is 2.14 bits per heavy atom. The monoisotopic (exact) mass is 257 g/mol. The topological polar surface area (TPSA) is 21.3 Å². The summed E-state index contributed by atoms with van der Waals surface area (Å²) in [5.41, 5.74) is 1.20. The number of ether oxygens (including phenoxy) is 1. The average molecular weight is 258 g/mol. The van der Waals surface area contributed by atoms with Crippen LogP contribution in [0.2, 0.25) is 0 Å². The smallest absolute Gasteiger partial charge is 0.123 e. The molecule has 0 aliphatic rings. The van der Waals surface area contributed by atoms with Crippen LogP contribution in [0.3, 0.4) is 0 Å². The molecule has 0 bridgehead atoms. The van der Waals surface area contributed by atoms with Gasteiger partial charge in [0.2, 0.25) is 0 Å². The minimum Gasteiger partial charge on any atom is -0.496 e. The number of rotatable bonds is 5. The third-order valence-corrected chi connectivity index (χ3v) is 3.04. The van der Waals surface area contributed by atoms with Crippen LogP contribution < -0.4 is 10.1 Å². The van der Waals surface area contributed by atoms with Crippen molar-refractivity contribution in [3.63, 3.8) is 0 Å². The summed E-state index contributed by atoms with van der Waals surface area (Å²) in [6, 6.07) is 8.54. The second-order valence-corrected chi connectivity index (χ2v) is 3.90. The molecule has 0 aliphatic carbocycles. The minimum atomic E-state index is 0.472. The second-order valence-electron chi connectivity index (χ2n) is 3.25. The summed E-state index contributed by atoms with van der Waals surface area (Å²) in [6.45, 7) is 2.99. The molecule has 0 saturated heterocycles. The highest BCUT2D eigenvalue weighted by molar-refractivity contribution is 9.09. The van der Waals surface area contributed by atoms with E-state index in [4.69, 9.17) is 4.74 Å². The van der Waals surface area contributed by atoms with Crippen molar-refractivity contribution >= 4 is 15.9 Å². The predicted octanol–water partition coefficient (Wildman–Crippen LogP) is 2.57. The largest absolute Gasteiger partial charge is 0.496 e. The van der Waals surface area contributed by atoms with Gasteiger partial charge >= 0.3 is 0 Å². The molecule has 78 valence electrons. The van der Waals surface area contributed by atoms with Crippen LogP contribution in [0.25, 0.3) is 0 Å². The number of hydrogen-bond acceptors (Lipinski definition) is 2. The van der Waals surface area contributed by atoms with Crippen LogP contribution >= 0.6 is 15.9 Å². The van der Waals surface area contributed by atoms with Gasteiger partial charge < -0.3 is 10.1 Å². The predicted molar refractivity (Wildman–Crippen MR) is 63.1 cm³/mol. The molecule has 1 rings (SSSR count). The van der Waals surface area contributed by atoms with Gasteiger partial charge in [-0.2, -0.15) is 0 Å². The highest BCUT2D eigenvalue weighted by atomic mass is 79.9. The van der Waals surface area contributed by atoms with E-state index < -0.39 is 0 Å². The fraction of sp³-hybridized carbons (Fsp3) is 0.455. The maximum absolute atomic E-state index is 5.26. The Morgan fingerprint density at radius 3 is 2.79 bits per heavy atom. The van der Waals surface area contributed by atoms with E-state index in [-0.39, 0.29) is 0 Å². The lowest BCUT2D eigenvalue weighted by Crippen LogP contribution is -2.26. The molecule has 0 radical (unpaired) electrons. The lowest BCUT2D eigenvalue weighted by atomic mass is 10.2. The maximum atomic E-state index is 5.26. The molecule has 1 aromatic carbocycles. The van der Waals surface area contributed by atoms with E-state index in [9.17, 15) is 0 Å². The average Bonchev–Trinajstić information content (AvgIpc) is 2.26. The Morgan fingerprint density at radius 1 is 1.43 bits per heavy atom. The zero-order chi connectivity index (χ0) is 10.4. The number of hydrogen-bond donors (Lipinski definition) is 1. The summed E-state index contributed by atoms with van der Waals surface area (Å²) in [6.07, 6.45) is 0. The van der Waals surface area contributed by atoms with E-state index in [0.29, 0.717) is 6.04 Å². The maximum Gasteiger partial charge on any atom is 0.123 e. The van der Waals surface area contributed by atoms with Gasteiger partial charge in [0.1, 0.15) is 5.75 Å². The molecule has 1 unspecified atom stereocenters. The summed E-state index contributed by atoms with van der Waals surface area (Å²) in [5.74, 6) is 0.946. The van der Waals surface area contributed by atoms with Gasteiger partial charge in [-0.1, -0.05) is 34.1 Å². The highest BCUT2D eigenvalue weighted by Crippen LogP contribution is 2.16. The quantitative estimate of drug-likeness (QED) is 0.819. The minimum absolute atomic E-state index is 0.472. The Hall–Kier alpha value is -0.540. The molecule has 0 fully saturated rings. The van der Waals surface area contributed by atoms with Gasteiger partial charge in [0.15, 0.2) is 0 Å². The van der Waals surface area contributed by atoms with Crippen molar-refractivity contribution in [1.82, 2.24) is 5.32 Å². The zero-order valence-corrected chi connectivity index (χ0v) is 10.2. The van der Waals surface area contributed by atoms with E-state index in [1.807, 2.05) is 18.2 Å². The van der Waals surface area contributed by atoms with Crippen LogP contribution in [0.5, 0.6) is 5.75 Å². The van der Waals surface area contributed by atoms with Crippen LogP contribution in [-0.4, -0.2) is 18.5 Å². The van der Waals surface area contributed by atoms with Gasteiger partial charge in [-0.15, -0.1) is 0 Å². The Bertz CT molecular complexity index is 278.